The molecule has 1 atom stereocenters. The Bertz CT molecular complexity index is 1640. The minimum Gasteiger partial charge on any atom is -0.507 e. The first kappa shape index (κ1) is 29.8. The zero-order valence-electron chi connectivity index (χ0n) is 22.8. The van der Waals surface area contributed by atoms with Gasteiger partial charge >= 0.3 is 5.91 Å². The molecule has 1 unspecified atom stereocenters. The van der Waals surface area contributed by atoms with Crippen molar-refractivity contribution in [3.05, 3.63) is 106 Å². The number of amides is 1. The molecule has 0 bridgehead atoms. The normalized spacial score (nSPS) is 16.4. The fraction of sp³-hybridized carbons (Fsp3) is 0.226. The highest BCUT2D eigenvalue weighted by Crippen LogP contribution is 2.44. The summed E-state index contributed by atoms with van der Waals surface area (Å²) in [4.78, 5) is 28.2. The predicted octanol–water partition coefficient (Wildman–Crippen LogP) is 7.67. The highest BCUT2D eigenvalue weighted by Gasteiger charge is 2.48. The molecule has 1 aliphatic heterocycles. The number of halogens is 2. The van der Waals surface area contributed by atoms with Gasteiger partial charge in [0.15, 0.2) is 4.34 Å². The van der Waals surface area contributed by atoms with Gasteiger partial charge in [-0.2, -0.15) is 0 Å². The lowest BCUT2D eigenvalue weighted by molar-refractivity contribution is -0.132. The van der Waals surface area contributed by atoms with E-state index in [0.29, 0.717) is 39.0 Å². The van der Waals surface area contributed by atoms with Crippen molar-refractivity contribution in [2.45, 2.75) is 36.4 Å². The van der Waals surface area contributed by atoms with E-state index in [2.05, 4.69) is 24.0 Å². The lowest BCUT2D eigenvalue weighted by Gasteiger charge is -2.23. The molecule has 7 nitrogen and oxygen atoms in total. The van der Waals surface area contributed by atoms with Crippen molar-refractivity contribution in [3.8, 4) is 5.75 Å². The number of nitrogens with zero attached hydrogens (tertiary/aromatic N) is 3. The molecule has 1 N–H and O–H groups in total. The summed E-state index contributed by atoms with van der Waals surface area (Å²) in [6.07, 6.45) is 0.854. The number of aliphatic hydroxyl groups excluding tert-OH is 1. The zero-order chi connectivity index (χ0) is 29.8. The predicted molar refractivity (Wildman–Crippen MR) is 163 cm³/mol. The zero-order valence-corrected chi connectivity index (χ0v) is 25.2. The Hall–Kier alpha value is -3.73. The quantitative estimate of drug-likeness (QED) is 0.0637. The first-order chi connectivity index (χ1) is 20.2. The molecule has 5 rings (SSSR count). The van der Waals surface area contributed by atoms with Crippen LogP contribution in [0.5, 0.6) is 5.75 Å². The molecule has 42 heavy (non-hydrogen) atoms. The summed E-state index contributed by atoms with van der Waals surface area (Å²) in [5.41, 5.74) is 1.54. The molecule has 0 saturated carbocycles. The second kappa shape index (κ2) is 13.1. The largest absolute Gasteiger partial charge is 0.507 e. The molecule has 0 radical (unpaired) electrons. The van der Waals surface area contributed by atoms with Crippen LogP contribution < -0.4 is 9.64 Å². The SMILES string of the molecule is CC(C)CCOc1cccc(C2/C(=C(\O)c3ccc(F)cc3)C(=O)C(=O)N2c2nnc(SCc3ccccc3Cl)s2)c1. The summed E-state index contributed by atoms with van der Waals surface area (Å²) in [5, 5.41) is 20.6. The second-order valence-corrected chi connectivity index (χ2v) is 12.6. The Morgan fingerprint density at radius 3 is 2.60 bits per heavy atom. The summed E-state index contributed by atoms with van der Waals surface area (Å²) in [6.45, 7) is 4.71. The van der Waals surface area contributed by atoms with Crippen LogP contribution in [0.1, 0.15) is 43.0 Å². The molecule has 4 aromatic rings. The molecule has 1 aromatic heterocycles. The van der Waals surface area contributed by atoms with Crippen LogP contribution >= 0.6 is 34.7 Å². The van der Waals surface area contributed by atoms with Crippen molar-refractivity contribution in [1.29, 1.82) is 0 Å². The van der Waals surface area contributed by atoms with Gasteiger partial charge in [0.25, 0.3) is 5.78 Å². The third-order valence-corrected chi connectivity index (χ3v) is 9.08. The molecule has 11 heteroatoms. The van der Waals surface area contributed by atoms with Crippen molar-refractivity contribution < 1.29 is 23.8 Å². The Morgan fingerprint density at radius 2 is 1.86 bits per heavy atom. The van der Waals surface area contributed by atoms with E-state index in [1.165, 1.54) is 40.9 Å². The van der Waals surface area contributed by atoms with Gasteiger partial charge in [0.05, 0.1) is 18.2 Å². The number of hydrogen-bond acceptors (Lipinski definition) is 8. The average molecular weight is 624 g/mol. The van der Waals surface area contributed by atoms with Crippen LogP contribution in [0, 0.1) is 11.7 Å². The van der Waals surface area contributed by atoms with E-state index < -0.39 is 29.3 Å². The van der Waals surface area contributed by atoms with Crippen LogP contribution in [-0.4, -0.2) is 33.6 Å². The van der Waals surface area contributed by atoms with Crippen molar-refractivity contribution in [3.63, 3.8) is 0 Å². The maximum Gasteiger partial charge on any atom is 0.301 e. The number of thioether (sulfide) groups is 1. The lowest BCUT2D eigenvalue weighted by Crippen LogP contribution is -2.29. The van der Waals surface area contributed by atoms with Crippen LogP contribution in [0.3, 0.4) is 0 Å². The van der Waals surface area contributed by atoms with Gasteiger partial charge in [0.1, 0.15) is 17.3 Å². The third kappa shape index (κ3) is 6.51. The molecule has 1 amide bonds. The van der Waals surface area contributed by atoms with Crippen molar-refractivity contribution in [2.75, 3.05) is 11.5 Å². The number of benzene rings is 3. The summed E-state index contributed by atoms with van der Waals surface area (Å²) in [6, 6.07) is 18.6. The summed E-state index contributed by atoms with van der Waals surface area (Å²) < 4.78 is 20.1. The van der Waals surface area contributed by atoms with E-state index in [9.17, 15) is 19.1 Å². The van der Waals surface area contributed by atoms with Gasteiger partial charge in [-0.05, 0) is 65.9 Å². The highest BCUT2D eigenvalue weighted by atomic mass is 35.5. The van der Waals surface area contributed by atoms with Crippen LogP contribution in [0.25, 0.3) is 5.76 Å². The topological polar surface area (TPSA) is 92.6 Å². The van der Waals surface area contributed by atoms with Gasteiger partial charge in [0, 0.05) is 16.3 Å². The molecule has 2 heterocycles. The van der Waals surface area contributed by atoms with E-state index in [1.54, 1.807) is 24.3 Å². The highest BCUT2D eigenvalue weighted by molar-refractivity contribution is 8.00. The molecule has 0 aliphatic carbocycles. The number of hydrogen-bond donors (Lipinski definition) is 1. The fourth-order valence-corrected chi connectivity index (χ4v) is 6.56. The fourth-order valence-electron chi connectivity index (χ4n) is 4.41. The van der Waals surface area contributed by atoms with Gasteiger partial charge < -0.3 is 9.84 Å². The molecule has 1 fully saturated rings. The summed E-state index contributed by atoms with van der Waals surface area (Å²) in [7, 11) is 0. The van der Waals surface area contributed by atoms with E-state index in [-0.39, 0.29) is 16.3 Å². The molecule has 1 saturated heterocycles. The van der Waals surface area contributed by atoms with Crippen LogP contribution in [-0.2, 0) is 15.3 Å². The number of Topliss-reactive ketones (excluding diaryl/α,β-unsaturated/α-hetero) is 1. The van der Waals surface area contributed by atoms with E-state index >= 15 is 0 Å². The van der Waals surface area contributed by atoms with Crippen LogP contribution in [0.2, 0.25) is 5.02 Å². The van der Waals surface area contributed by atoms with Crippen LogP contribution in [0.4, 0.5) is 9.52 Å². The Kier molecular flexibility index (Phi) is 9.25. The number of ketones is 1. The van der Waals surface area contributed by atoms with Gasteiger partial charge in [0.2, 0.25) is 5.13 Å². The lowest BCUT2D eigenvalue weighted by atomic mass is 9.95. The molecule has 1 aliphatic rings. The Labute approximate surface area is 256 Å². The number of aliphatic hydroxyl groups is 1. The summed E-state index contributed by atoms with van der Waals surface area (Å²) >= 11 is 8.85. The molecule has 3 aromatic carbocycles. The minimum absolute atomic E-state index is 0.133. The van der Waals surface area contributed by atoms with Crippen molar-refractivity contribution in [1.82, 2.24) is 10.2 Å². The first-order valence-corrected chi connectivity index (χ1v) is 15.4. The number of carbonyl (C=O) groups is 2. The smallest absolute Gasteiger partial charge is 0.301 e. The Balaban J connectivity index is 1.53. The standard InChI is InChI=1S/C31H27ClFN3O4S2/c1-18(2)14-15-40-23-8-5-7-20(16-23)26-25(27(37)19-10-12-22(33)13-11-19)28(38)29(39)36(26)30-34-35-31(42-30)41-17-21-6-3-4-9-24(21)32/h3-13,16,18,26,37H,14-15,17H2,1-2H3/b27-25+. The monoisotopic (exact) mass is 623 g/mol. The molecular formula is C31H27ClFN3O4S2. The molecule has 0 spiro atoms. The summed E-state index contributed by atoms with van der Waals surface area (Å²) in [5.74, 6) is -1.08. The Morgan fingerprint density at radius 1 is 1.10 bits per heavy atom. The second-order valence-electron chi connectivity index (χ2n) is 10.0. The van der Waals surface area contributed by atoms with Gasteiger partial charge in [-0.15, -0.1) is 10.2 Å². The van der Waals surface area contributed by atoms with E-state index in [1.807, 2.05) is 24.3 Å². The molecular weight excluding hydrogens is 597 g/mol. The minimum atomic E-state index is -1.02. The number of aromatic nitrogens is 2. The first-order valence-electron chi connectivity index (χ1n) is 13.2. The van der Waals surface area contributed by atoms with E-state index in [4.69, 9.17) is 16.3 Å². The van der Waals surface area contributed by atoms with Gasteiger partial charge in [-0.3, -0.25) is 14.5 Å². The van der Waals surface area contributed by atoms with E-state index in [0.717, 1.165) is 23.3 Å². The maximum absolute atomic E-state index is 13.6. The maximum atomic E-state index is 13.6. The van der Waals surface area contributed by atoms with Gasteiger partial charge in [-0.25, -0.2) is 4.39 Å². The number of anilines is 1. The van der Waals surface area contributed by atoms with Gasteiger partial charge in [-0.1, -0.05) is 78.9 Å². The third-order valence-electron chi connectivity index (χ3n) is 6.61. The molecule has 216 valence electrons. The number of carbonyl (C=O) groups excluding carboxylic acids is 2. The van der Waals surface area contributed by atoms with Crippen molar-refractivity contribution >= 4 is 57.3 Å². The number of ether oxygens (including phenoxy) is 1. The van der Waals surface area contributed by atoms with Crippen LogP contribution in [0.15, 0.2) is 82.7 Å². The number of rotatable bonds is 10. The average Bonchev–Trinajstić information content (AvgIpc) is 3.54. The van der Waals surface area contributed by atoms with Crippen molar-refractivity contribution in [2.24, 2.45) is 5.92 Å².